The number of carbonyl (C=O) groups is 1. The first-order valence-electron chi connectivity index (χ1n) is 7.91. The summed E-state index contributed by atoms with van der Waals surface area (Å²) in [4.78, 5) is 12.1. The van der Waals surface area contributed by atoms with Crippen molar-refractivity contribution in [3.63, 3.8) is 0 Å². The van der Waals surface area contributed by atoms with Crippen LogP contribution in [0.25, 0.3) is 0 Å². The molecule has 1 atom stereocenters. The average molecular weight is 323 g/mol. The summed E-state index contributed by atoms with van der Waals surface area (Å²) in [5, 5.41) is 2.89. The third-order valence-corrected chi connectivity index (χ3v) is 6.05. The van der Waals surface area contributed by atoms with Crippen LogP contribution in [0.2, 0.25) is 0 Å². The van der Waals surface area contributed by atoms with Gasteiger partial charge in [-0.15, -0.1) is 0 Å². The zero-order valence-corrected chi connectivity index (χ0v) is 14.2. The molecule has 122 valence electrons. The number of aryl methyl sites for hydroxylation is 1. The highest BCUT2D eigenvalue weighted by Crippen LogP contribution is 2.23. The molecule has 22 heavy (non-hydrogen) atoms. The summed E-state index contributed by atoms with van der Waals surface area (Å²) in [6, 6.07) is 8.11. The number of amides is 1. The summed E-state index contributed by atoms with van der Waals surface area (Å²) in [6.45, 7) is 3.98. The van der Waals surface area contributed by atoms with Crippen LogP contribution in [0.3, 0.4) is 0 Å². The molecule has 1 saturated heterocycles. The van der Waals surface area contributed by atoms with Crippen LogP contribution >= 0.6 is 0 Å². The van der Waals surface area contributed by atoms with Crippen molar-refractivity contribution in [3.8, 4) is 0 Å². The molecule has 0 saturated carbocycles. The third kappa shape index (κ3) is 4.83. The van der Waals surface area contributed by atoms with Gasteiger partial charge in [0.2, 0.25) is 5.91 Å². The number of benzene rings is 1. The minimum absolute atomic E-state index is 0.0433. The fraction of sp³-hybridized carbons (Fsp3) is 0.588. The molecule has 1 heterocycles. The van der Waals surface area contributed by atoms with Crippen LogP contribution in [0.15, 0.2) is 24.3 Å². The molecule has 0 spiro atoms. The molecule has 4 nitrogen and oxygen atoms in total. The Bertz CT molecular complexity index is 622. The molecule has 0 aromatic heterocycles. The number of carbonyl (C=O) groups excluding carboxylic acids is 1. The Morgan fingerprint density at radius 1 is 1.23 bits per heavy atom. The lowest BCUT2D eigenvalue weighted by Gasteiger charge is -2.23. The van der Waals surface area contributed by atoms with Crippen LogP contribution in [0.1, 0.15) is 44.2 Å². The highest BCUT2D eigenvalue weighted by atomic mass is 32.2. The van der Waals surface area contributed by atoms with Crippen LogP contribution in [0.4, 0.5) is 0 Å². The van der Waals surface area contributed by atoms with Gasteiger partial charge < -0.3 is 5.32 Å². The van der Waals surface area contributed by atoms with E-state index in [0.717, 1.165) is 12.0 Å². The predicted octanol–water partition coefficient (Wildman–Crippen LogP) is 2.27. The van der Waals surface area contributed by atoms with E-state index in [2.05, 4.69) is 24.4 Å². The van der Waals surface area contributed by atoms with Gasteiger partial charge in [-0.05, 0) is 37.3 Å². The maximum Gasteiger partial charge on any atom is 0.224 e. The van der Waals surface area contributed by atoms with Crippen LogP contribution in [0.5, 0.6) is 0 Å². The zero-order valence-electron chi connectivity index (χ0n) is 13.4. The smallest absolute Gasteiger partial charge is 0.224 e. The van der Waals surface area contributed by atoms with Crippen molar-refractivity contribution < 1.29 is 13.2 Å². The molecular formula is C17H25NO3S. The standard InChI is InChI=1S/C17H25NO3S/c1-3-4-5-14-6-8-15(9-7-14)12-16(19)18-17(2)10-11-22(20,21)13-17/h6-9H,3-5,10-13H2,1-2H3,(H,18,19). The third-order valence-electron chi connectivity index (χ3n) is 4.15. The van der Waals surface area contributed by atoms with Crippen LogP contribution in [-0.2, 0) is 27.5 Å². The largest absolute Gasteiger partial charge is 0.350 e. The summed E-state index contributed by atoms with van der Waals surface area (Å²) in [6.07, 6.45) is 4.21. The number of hydrogen-bond acceptors (Lipinski definition) is 3. The zero-order chi connectivity index (χ0) is 16.2. The molecular weight excluding hydrogens is 298 g/mol. The van der Waals surface area contributed by atoms with E-state index in [4.69, 9.17) is 0 Å². The second kappa shape index (κ2) is 6.82. The van der Waals surface area contributed by atoms with Gasteiger partial charge in [-0.3, -0.25) is 4.79 Å². The second-order valence-corrected chi connectivity index (χ2v) is 8.73. The lowest BCUT2D eigenvalue weighted by atomic mass is 10.0. The average Bonchev–Trinajstić information content (AvgIpc) is 2.71. The Morgan fingerprint density at radius 3 is 2.41 bits per heavy atom. The SMILES string of the molecule is CCCCc1ccc(CC(=O)NC2(C)CCS(=O)(=O)C2)cc1. The van der Waals surface area contributed by atoms with Crippen molar-refractivity contribution in [2.24, 2.45) is 0 Å². The number of rotatable bonds is 6. The van der Waals surface area contributed by atoms with Crippen molar-refractivity contribution in [1.82, 2.24) is 5.32 Å². The molecule has 2 rings (SSSR count). The van der Waals surface area contributed by atoms with E-state index in [1.165, 1.54) is 18.4 Å². The molecule has 1 unspecified atom stereocenters. The van der Waals surface area contributed by atoms with E-state index in [1.54, 1.807) is 0 Å². The second-order valence-electron chi connectivity index (χ2n) is 6.55. The van der Waals surface area contributed by atoms with E-state index in [9.17, 15) is 13.2 Å². The van der Waals surface area contributed by atoms with Crippen molar-refractivity contribution in [1.29, 1.82) is 0 Å². The van der Waals surface area contributed by atoms with Gasteiger partial charge in [-0.1, -0.05) is 37.6 Å². The topological polar surface area (TPSA) is 63.2 Å². The maximum absolute atomic E-state index is 12.1. The molecule has 0 aliphatic carbocycles. The van der Waals surface area contributed by atoms with E-state index in [1.807, 2.05) is 19.1 Å². The van der Waals surface area contributed by atoms with Gasteiger partial charge in [-0.2, -0.15) is 0 Å². The van der Waals surface area contributed by atoms with Gasteiger partial charge in [0.05, 0.1) is 23.5 Å². The fourth-order valence-corrected chi connectivity index (χ4v) is 4.97. The molecule has 0 radical (unpaired) electrons. The van der Waals surface area contributed by atoms with E-state index >= 15 is 0 Å². The van der Waals surface area contributed by atoms with E-state index in [0.29, 0.717) is 12.8 Å². The van der Waals surface area contributed by atoms with E-state index < -0.39 is 15.4 Å². The van der Waals surface area contributed by atoms with Gasteiger partial charge in [0, 0.05) is 0 Å². The first kappa shape index (κ1) is 17.0. The van der Waals surface area contributed by atoms with Gasteiger partial charge in [0.1, 0.15) is 0 Å². The highest BCUT2D eigenvalue weighted by Gasteiger charge is 2.39. The molecule has 1 N–H and O–H groups in total. The summed E-state index contributed by atoms with van der Waals surface area (Å²) < 4.78 is 23.1. The minimum Gasteiger partial charge on any atom is -0.350 e. The number of unbranched alkanes of at least 4 members (excludes halogenated alkanes) is 1. The molecule has 1 aliphatic heterocycles. The van der Waals surface area contributed by atoms with Crippen molar-refractivity contribution in [2.75, 3.05) is 11.5 Å². The van der Waals surface area contributed by atoms with Crippen molar-refractivity contribution >= 4 is 15.7 Å². The molecule has 5 heteroatoms. The summed E-state index contributed by atoms with van der Waals surface area (Å²) >= 11 is 0. The Hall–Kier alpha value is -1.36. The molecule has 1 aromatic rings. The Kier molecular flexibility index (Phi) is 5.27. The summed E-state index contributed by atoms with van der Waals surface area (Å²) in [7, 11) is -3.00. The van der Waals surface area contributed by atoms with Gasteiger partial charge in [-0.25, -0.2) is 8.42 Å². The van der Waals surface area contributed by atoms with Gasteiger partial charge in [0.15, 0.2) is 9.84 Å². The number of hydrogen-bond donors (Lipinski definition) is 1. The summed E-state index contributed by atoms with van der Waals surface area (Å²) in [5.74, 6) is 0.0957. The molecule has 1 aromatic carbocycles. The lowest BCUT2D eigenvalue weighted by Crippen LogP contribution is -2.47. The molecule has 1 aliphatic rings. The monoisotopic (exact) mass is 323 g/mol. The van der Waals surface area contributed by atoms with Crippen LogP contribution < -0.4 is 5.32 Å². The van der Waals surface area contributed by atoms with Gasteiger partial charge in [0.25, 0.3) is 0 Å². The molecule has 0 bridgehead atoms. The fourth-order valence-electron chi connectivity index (χ4n) is 2.88. The Morgan fingerprint density at radius 2 is 1.86 bits per heavy atom. The normalized spacial score (nSPS) is 23.4. The van der Waals surface area contributed by atoms with Crippen molar-refractivity contribution in [3.05, 3.63) is 35.4 Å². The Labute approximate surface area is 133 Å². The first-order valence-corrected chi connectivity index (χ1v) is 9.73. The van der Waals surface area contributed by atoms with Gasteiger partial charge >= 0.3 is 0 Å². The predicted molar refractivity (Wildman–Crippen MR) is 88.6 cm³/mol. The number of sulfone groups is 1. The number of nitrogens with one attached hydrogen (secondary N) is 1. The molecule has 1 fully saturated rings. The quantitative estimate of drug-likeness (QED) is 0.873. The first-order chi connectivity index (χ1) is 10.3. The molecule has 1 amide bonds. The van der Waals surface area contributed by atoms with Crippen LogP contribution in [0, 0.1) is 0 Å². The van der Waals surface area contributed by atoms with E-state index in [-0.39, 0.29) is 17.4 Å². The highest BCUT2D eigenvalue weighted by molar-refractivity contribution is 7.91. The van der Waals surface area contributed by atoms with Crippen LogP contribution in [-0.4, -0.2) is 31.4 Å². The maximum atomic E-state index is 12.1. The van der Waals surface area contributed by atoms with Crippen molar-refractivity contribution in [2.45, 2.75) is 51.5 Å². The minimum atomic E-state index is -3.00. The summed E-state index contributed by atoms with van der Waals surface area (Å²) in [5.41, 5.74) is 1.64. The lowest BCUT2D eigenvalue weighted by molar-refractivity contribution is -0.121. The Balaban J connectivity index is 1.89.